The average molecular weight is 377 g/mol. The maximum absolute atomic E-state index is 14.0. The van der Waals surface area contributed by atoms with Crippen LogP contribution in [0.1, 0.15) is 38.5 Å². The largest absolute Gasteiger partial charge is 0.414 e. The summed E-state index contributed by atoms with van der Waals surface area (Å²) in [5.74, 6) is 0. The Kier molecular flexibility index (Phi) is 5.14. The Morgan fingerprint density at radius 3 is 2.32 bits per heavy atom. The van der Waals surface area contributed by atoms with E-state index in [0.717, 1.165) is 31.8 Å². The topological polar surface area (TPSA) is 57.6 Å². The molecule has 0 spiro atoms. The van der Waals surface area contributed by atoms with E-state index in [1.807, 2.05) is 4.90 Å². The van der Waals surface area contributed by atoms with Crippen molar-refractivity contribution in [3.05, 3.63) is 34.9 Å². The van der Waals surface area contributed by atoms with Crippen LogP contribution in [0.2, 0.25) is 0 Å². The van der Waals surface area contributed by atoms with Crippen molar-refractivity contribution < 1.29 is 26.1 Å². The highest BCUT2D eigenvalue weighted by Crippen LogP contribution is 2.45. The van der Waals surface area contributed by atoms with Gasteiger partial charge in [0, 0.05) is 6.04 Å². The Morgan fingerprint density at radius 2 is 1.76 bits per heavy atom. The third kappa shape index (κ3) is 3.85. The zero-order chi connectivity index (χ0) is 18.2. The monoisotopic (exact) mass is 377 g/mol. The molecule has 1 saturated heterocycles. The molecular weight excluding hydrogens is 355 g/mol. The molecule has 0 radical (unpaired) electrons. The van der Waals surface area contributed by atoms with Crippen LogP contribution in [0.15, 0.2) is 34.9 Å². The zero-order valence-electron chi connectivity index (χ0n) is 13.8. The fourth-order valence-electron chi connectivity index (χ4n) is 4.16. The van der Waals surface area contributed by atoms with E-state index in [4.69, 9.17) is 0 Å². The average Bonchev–Trinajstić information content (AvgIpc) is 2.80. The summed E-state index contributed by atoms with van der Waals surface area (Å²) in [6, 6.07) is -0.846. The lowest BCUT2D eigenvalue weighted by molar-refractivity contribution is -0.104. The van der Waals surface area contributed by atoms with Gasteiger partial charge in [0.1, 0.15) is 5.25 Å². The molecule has 1 heterocycles. The van der Waals surface area contributed by atoms with Crippen molar-refractivity contribution in [3.63, 3.8) is 0 Å². The molecule has 2 unspecified atom stereocenters. The summed E-state index contributed by atoms with van der Waals surface area (Å²) in [5, 5.41) is -1.64. The molecule has 1 N–H and O–H groups in total. The summed E-state index contributed by atoms with van der Waals surface area (Å²) in [4.78, 5) is 1.85. The Morgan fingerprint density at radius 1 is 1.12 bits per heavy atom. The molecule has 3 rings (SSSR count). The minimum absolute atomic E-state index is 0.266. The van der Waals surface area contributed by atoms with Gasteiger partial charge >= 0.3 is 6.18 Å². The standard InChI is InChI=1S/C17H22F3NO3S/c18-17(19,20)16-13(21-10-3-1-2-4-11-21)9-8-12-6-5-7-14(15(12)16)25(22,23)24/h5-7,13-14H,1-4,8-11H2,(H,22,23,24). The van der Waals surface area contributed by atoms with Crippen molar-refractivity contribution in [2.45, 2.75) is 56.0 Å². The Hall–Kier alpha value is -1.12. The highest BCUT2D eigenvalue weighted by Gasteiger charge is 2.48. The molecule has 1 fully saturated rings. The molecule has 0 amide bonds. The summed E-state index contributed by atoms with van der Waals surface area (Å²) >= 11 is 0. The molecule has 0 bridgehead atoms. The third-order valence-corrected chi connectivity index (χ3v) is 6.27. The number of alkyl halides is 3. The number of hydrogen-bond donors (Lipinski definition) is 1. The maximum atomic E-state index is 14.0. The van der Waals surface area contributed by atoms with E-state index in [0.29, 0.717) is 31.5 Å². The van der Waals surface area contributed by atoms with Gasteiger partial charge in [0.2, 0.25) is 0 Å². The summed E-state index contributed by atoms with van der Waals surface area (Å²) in [7, 11) is -4.65. The second-order valence-corrected chi connectivity index (χ2v) is 8.38. The molecule has 140 valence electrons. The van der Waals surface area contributed by atoms with Crippen LogP contribution in [0.3, 0.4) is 0 Å². The molecule has 4 nitrogen and oxygen atoms in total. The third-order valence-electron chi connectivity index (χ3n) is 5.23. The molecule has 0 aromatic rings. The van der Waals surface area contributed by atoms with E-state index in [9.17, 15) is 26.1 Å². The van der Waals surface area contributed by atoms with Gasteiger partial charge < -0.3 is 0 Å². The predicted octanol–water partition coefficient (Wildman–Crippen LogP) is 3.64. The Balaban J connectivity index is 2.12. The molecule has 2 atom stereocenters. The van der Waals surface area contributed by atoms with Gasteiger partial charge in [-0.05, 0) is 49.9 Å². The molecule has 8 heteroatoms. The second-order valence-electron chi connectivity index (χ2n) is 6.84. The number of likely N-dealkylation sites (tertiary alicyclic amines) is 1. The molecule has 3 aliphatic rings. The Labute approximate surface area is 145 Å². The van der Waals surface area contributed by atoms with Gasteiger partial charge in [0.25, 0.3) is 10.1 Å². The van der Waals surface area contributed by atoms with Gasteiger partial charge in [-0.1, -0.05) is 31.1 Å². The predicted molar refractivity (Wildman–Crippen MR) is 88.7 cm³/mol. The van der Waals surface area contributed by atoms with E-state index in [1.54, 1.807) is 0 Å². The molecule has 0 aromatic heterocycles. The molecule has 2 aliphatic carbocycles. The van der Waals surface area contributed by atoms with Crippen molar-refractivity contribution in [2.75, 3.05) is 13.1 Å². The zero-order valence-corrected chi connectivity index (χ0v) is 14.6. The molecule has 0 aromatic carbocycles. The Bertz CT molecular complexity index is 714. The van der Waals surface area contributed by atoms with Crippen LogP contribution in [-0.4, -0.2) is 48.4 Å². The summed E-state index contributed by atoms with van der Waals surface area (Å²) < 4.78 is 74.8. The van der Waals surface area contributed by atoms with Gasteiger partial charge in [-0.3, -0.25) is 9.45 Å². The van der Waals surface area contributed by atoms with E-state index in [-0.39, 0.29) is 5.57 Å². The van der Waals surface area contributed by atoms with Crippen molar-refractivity contribution in [3.8, 4) is 0 Å². The normalized spacial score (nSPS) is 29.2. The van der Waals surface area contributed by atoms with E-state index >= 15 is 0 Å². The number of allylic oxidation sites excluding steroid dienone is 3. The van der Waals surface area contributed by atoms with Crippen LogP contribution in [0, 0.1) is 0 Å². The molecule has 0 saturated carbocycles. The molecule has 25 heavy (non-hydrogen) atoms. The van der Waals surface area contributed by atoms with Gasteiger partial charge in [-0.25, -0.2) is 0 Å². The first kappa shape index (κ1) is 18.7. The fraction of sp³-hybridized carbons (Fsp3) is 0.647. The van der Waals surface area contributed by atoms with E-state index < -0.39 is 33.2 Å². The van der Waals surface area contributed by atoms with Crippen molar-refractivity contribution in [1.82, 2.24) is 4.90 Å². The van der Waals surface area contributed by atoms with E-state index in [1.165, 1.54) is 12.2 Å². The number of halogens is 3. The maximum Gasteiger partial charge on any atom is 0.414 e. The smallest absolute Gasteiger partial charge is 0.296 e. The highest BCUT2D eigenvalue weighted by atomic mass is 32.2. The molecule has 1 aliphatic heterocycles. The van der Waals surface area contributed by atoms with Crippen LogP contribution in [0.4, 0.5) is 13.2 Å². The van der Waals surface area contributed by atoms with Crippen LogP contribution in [0.5, 0.6) is 0 Å². The second kappa shape index (κ2) is 6.89. The first-order valence-electron chi connectivity index (χ1n) is 8.59. The number of nitrogens with zero attached hydrogens (tertiary/aromatic N) is 1. The number of fused-ring (bicyclic) bond motifs is 1. The van der Waals surface area contributed by atoms with Crippen LogP contribution in [-0.2, 0) is 10.1 Å². The summed E-state index contributed by atoms with van der Waals surface area (Å²) in [6.07, 6.45) is 3.83. The van der Waals surface area contributed by atoms with Crippen LogP contribution in [0.25, 0.3) is 0 Å². The summed E-state index contributed by atoms with van der Waals surface area (Å²) in [5.41, 5.74) is -0.694. The number of rotatable bonds is 2. The minimum Gasteiger partial charge on any atom is -0.296 e. The van der Waals surface area contributed by atoms with Gasteiger partial charge in [-0.15, -0.1) is 0 Å². The SMILES string of the molecule is O=S(=O)(O)C1C=CC=C2CCC(N3CCCCCC3)C(C(F)(F)F)=C21. The van der Waals surface area contributed by atoms with Crippen LogP contribution >= 0.6 is 0 Å². The van der Waals surface area contributed by atoms with Crippen molar-refractivity contribution in [2.24, 2.45) is 0 Å². The van der Waals surface area contributed by atoms with E-state index in [2.05, 4.69) is 0 Å². The highest BCUT2D eigenvalue weighted by molar-refractivity contribution is 7.86. The lowest BCUT2D eigenvalue weighted by atomic mass is 9.79. The lowest BCUT2D eigenvalue weighted by Gasteiger charge is -2.40. The minimum atomic E-state index is -4.65. The quantitative estimate of drug-likeness (QED) is 0.747. The van der Waals surface area contributed by atoms with Crippen molar-refractivity contribution >= 4 is 10.1 Å². The number of hydrogen-bond acceptors (Lipinski definition) is 3. The van der Waals surface area contributed by atoms with Gasteiger partial charge in [-0.2, -0.15) is 21.6 Å². The first-order valence-corrected chi connectivity index (χ1v) is 10.1. The fourth-order valence-corrected chi connectivity index (χ4v) is 5.03. The van der Waals surface area contributed by atoms with Gasteiger partial charge in [0.15, 0.2) is 0 Å². The van der Waals surface area contributed by atoms with Gasteiger partial charge in [0.05, 0.1) is 5.57 Å². The molecular formula is C17H22F3NO3S. The first-order chi connectivity index (χ1) is 11.7. The summed E-state index contributed by atoms with van der Waals surface area (Å²) in [6.45, 7) is 1.17. The van der Waals surface area contributed by atoms with Crippen molar-refractivity contribution in [1.29, 1.82) is 0 Å². The van der Waals surface area contributed by atoms with Crippen LogP contribution < -0.4 is 0 Å². The lowest BCUT2D eigenvalue weighted by Crippen LogP contribution is -2.45.